The third-order valence-electron chi connectivity index (χ3n) is 8.92. The summed E-state index contributed by atoms with van der Waals surface area (Å²) in [5.74, 6) is -0.0712. The van der Waals surface area contributed by atoms with Crippen LogP contribution in [0, 0.1) is 24.6 Å². The molecule has 2 saturated heterocycles. The van der Waals surface area contributed by atoms with Crippen molar-refractivity contribution in [1.82, 2.24) is 42.2 Å². The van der Waals surface area contributed by atoms with Gasteiger partial charge >= 0.3 is 0 Å². The minimum absolute atomic E-state index is 0.0346. The van der Waals surface area contributed by atoms with Crippen molar-refractivity contribution >= 4 is 29.1 Å². The van der Waals surface area contributed by atoms with Gasteiger partial charge < -0.3 is 15.4 Å². The van der Waals surface area contributed by atoms with Gasteiger partial charge in [-0.05, 0) is 87.0 Å². The maximum Gasteiger partial charge on any atom is 0.255 e. The number of methoxy groups -OCH3 is 1. The van der Waals surface area contributed by atoms with Crippen LogP contribution in [0.4, 0.5) is 4.39 Å². The Morgan fingerprint density at radius 1 is 1.14 bits per heavy atom. The minimum Gasteiger partial charge on any atom is -0.496 e. The summed E-state index contributed by atoms with van der Waals surface area (Å²) in [6, 6.07) is 8.50. The molecule has 3 fully saturated rings. The number of piperidine rings is 1. The number of rotatable bonds is 7. The number of hydrogen-bond acceptors (Lipinski definition) is 8. The van der Waals surface area contributed by atoms with E-state index in [4.69, 9.17) is 17.0 Å². The first-order chi connectivity index (χ1) is 20.8. The molecule has 3 aliphatic rings. The van der Waals surface area contributed by atoms with Crippen LogP contribution in [0.25, 0.3) is 0 Å². The maximum atomic E-state index is 14.9. The van der Waals surface area contributed by atoms with Gasteiger partial charge in [0.2, 0.25) is 5.91 Å². The molecule has 2 aromatic rings. The second-order valence-corrected chi connectivity index (χ2v) is 12.0. The Hall–Kier alpha value is -3.39. The number of likely N-dealkylation sites (tertiary alicyclic amines) is 1. The third-order valence-corrected chi connectivity index (χ3v) is 9.23. The van der Waals surface area contributed by atoms with Gasteiger partial charge in [-0.1, -0.05) is 6.07 Å². The predicted octanol–water partition coefficient (Wildman–Crippen LogP) is 1.75. The van der Waals surface area contributed by atoms with Crippen LogP contribution in [-0.2, 0) is 16.1 Å². The highest BCUT2D eigenvalue weighted by molar-refractivity contribution is 7.80. The molecule has 2 amide bonds. The number of pyridine rings is 1. The second kappa shape index (κ2) is 13.9. The third kappa shape index (κ3) is 7.23. The molecular weight excluding hydrogens is 571 g/mol. The molecule has 43 heavy (non-hydrogen) atoms. The van der Waals surface area contributed by atoms with Crippen molar-refractivity contribution < 1.29 is 18.7 Å². The molecule has 6 N–H and O–H groups in total. The summed E-state index contributed by atoms with van der Waals surface area (Å²) in [5.41, 5.74) is 14.7. The van der Waals surface area contributed by atoms with E-state index in [0.29, 0.717) is 36.7 Å². The van der Waals surface area contributed by atoms with Crippen molar-refractivity contribution in [1.29, 1.82) is 0 Å². The summed E-state index contributed by atoms with van der Waals surface area (Å²) in [7, 11) is 3.15. The number of aromatic nitrogens is 1. The van der Waals surface area contributed by atoms with E-state index in [1.807, 2.05) is 24.1 Å². The second-order valence-electron chi connectivity index (χ2n) is 11.6. The summed E-state index contributed by atoms with van der Waals surface area (Å²) in [6.45, 7) is 2.52. The van der Waals surface area contributed by atoms with E-state index in [9.17, 15) is 14.0 Å². The Kier molecular flexibility index (Phi) is 10.1. The maximum absolute atomic E-state index is 14.9. The van der Waals surface area contributed by atoms with Gasteiger partial charge in [-0.15, -0.1) is 0 Å². The molecule has 2 aliphatic heterocycles. The van der Waals surface area contributed by atoms with E-state index in [0.717, 1.165) is 25.0 Å². The molecule has 3 heterocycles. The lowest BCUT2D eigenvalue weighted by Crippen LogP contribution is -2.59. The van der Waals surface area contributed by atoms with Crippen molar-refractivity contribution in [2.75, 3.05) is 20.7 Å². The molecule has 1 aromatic heterocycles. The zero-order valence-electron chi connectivity index (χ0n) is 24.8. The van der Waals surface area contributed by atoms with Gasteiger partial charge in [0.25, 0.3) is 5.91 Å². The van der Waals surface area contributed by atoms with Crippen LogP contribution in [-0.4, -0.2) is 65.6 Å². The van der Waals surface area contributed by atoms with Gasteiger partial charge in [-0.3, -0.25) is 35.8 Å². The number of amides is 2. The average Bonchev–Trinajstić information content (AvgIpc) is 3.44. The summed E-state index contributed by atoms with van der Waals surface area (Å²) >= 11 is 5.08. The van der Waals surface area contributed by atoms with Gasteiger partial charge in [0.15, 0.2) is 5.11 Å². The molecular formula is C30H41FN8O3S. The first kappa shape index (κ1) is 31.0. The number of hydrazine groups is 2. The number of carbonyl (C=O) groups excluding carboxylic acids is 2. The molecule has 6 atom stereocenters. The number of ether oxygens (including phenoxy) is 1. The molecule has 232 valence electrons. The van der Waals surface area contributed by atoms with Crippen LogP contribution in [0.5, 0.6) is 5.75 Å². The van der Waals surface area contributed by atoms with Gasteiger partial charge in [-0.2, -0.15) is 0 Å². The summed E-state index contributed by atoms with van der Waals surface area (Å²) in [4.78, 5) is 33.0. The Morgan fingerprint density at radius 3 is 2.74 bits per heavy atom. The van der Waals surface area contributed by atoms with Gasteiger partial charge in [0, 0.05) is 55.6 Å². The van der Waals surface area contributed by atoms with Crippen LogP contribution in [0.3, 0.4) is 0 Å². The first-order valence-electron chi connectivity index (χ1n) is 14.8. The highest BCUT2D eigenvalue weighted by Gasteiger charge is 2.43. The number of hydrogen-bond donors (Lipinski definition) is 6. The Labute approximate surface area is 257 Å². The van der Waals surface area contributed by atoms with E-state index < -0.39 is 11.9 Å². The molecule has 4 unspecified atom stereocenters. The Morgan fingerprint density at radius 2 is 1.98 bits per heavy atom. The lowest BCUT2D eigenvalue weighted by atomic mass is 9.74. The molecule has 0 radical (unpaired) electrons. The Bertz CT molecular complexity index is 1330. The normalized spacial score (nSPS) is 27.1. The fourth-order valence-corrected chi connectivity index (χ4v) is 6.74. The zero-order chi connectivity index (χ0) is 30.5. The average molecular weight is 613 g/mol. The molecule has 5 rings (SSSR count). The number of carbonyl (C=O) groups is 2. The number of nitrogens with one attached hydrogen (secondary N) is 6. The van der Waals surface area contributed by atoms with Crippen LogP contribution < -0.4 is 37.1 Å². The minimum atomic E-state index is -0.555. The molecule has 0 spiro atoms. The van der Waals surface area contributed by atoms with Crippen LogP contribution in [0.1, 0.15) is 55.0 Å². The van der Waals surface area contributed by atoms with Gasteiger partial charge in [0.05, 0.1) is 19.2 Å². The zero-order valence-corrected chi connectivity index (χ0v) is 25.6. The highest BCUT2D eigenvalue weighted by Crippen LogP contribution is 2.40. The number of halogens is 1. The Balaban J connectivity index is 1.26. The standard InChI is InChI=1S/C30H41FN8O3S/c1-17-13-18(11-12-33-17)27-21-14-19(7-9-24(21)35-36-27)28(40)34-20-8-10-25(29(41)37-38-30(43)32-2)39(15-20)16-22-23(31)5-4-6-26(22)42-3/h4-6,11-13,19-21,24-25,27,35-36H,7-10,14-16H2,1-3H3,(H,34,40)(H,37,41)(H2,32,38,43)/t19?,20-,21?,24?,25+,27?/m1/s1. The van der Waals surface area contributed by atoms with E-state index >= 15 is 0 Å². The SMILES string of the molecule is CNC(=S)NNC(=O)[C@@H]1CC[C@@H](NC(=O)C2CCC3NNC(c4ccnc(C)c4)C3C2)CN1Cc1c(F)cccc1OC. The first-order valence-corrected chi connectivity index (χ1v) is 15.2. The quantitative estimate of drug-likeness (QED) is 0.203. The predicted molar refractivity (Wildman–Crippen MR) is 164 cm³/mol. The summed E-state index contributed by atoms with van der Waals surface area (Å²) in [6.07, 6.45) is 5.41. The monoisotopic (exact) mass is 612 g/mol. The number of benzene rings is 1. The van der Waals surface area contributed by atoms with Crippen LogP contribution in [0.15, 0.2) is 36.5 Å². The van der Waals surface area contributed by atoms with E-state index in [2.05, 4.69) is 43.4 Å². The topological polar surface area (TPSA) is 132 Å². The lowest BCUT2D eigenvalue weighted by Gasteiger charge is -2.40. The van der Waals surface area contributed by atoms with Gasteiger partial charge in [-0.25, -0.2) is 9.82 Å². The van der Waals surface area contributed by atoms with Crippen molar-refractivity contribution in [3.05, 3.63) is 59.2 Å². The lowest BCUT2D eigenvalue weighted by molar-refractivity contribution is -0.130. The highest BCUT2D eigenvalue weighted by atomic mass is 32.1. The fraction of sp³-hybridized carbons (Fsp3) is 0.533. The molecule has 1 aliphatic carbocycles. The number of fused-ring (bicyclic) bond motifs is 1. The van der Waals surface area contributed by atoms with E-state index in [-0.39, 0.29) is 47.4 Å². The number of thiocarbonyl (C=S) groups is 1. The van der Waals surface area contributed by atoms with Gasteiger partial charge in [0.1, 0.15) is 11.6 Å². The van der Waals surface area contributed by atoms with Crippen molar-refractivity contribution in [3.63, 3.8) is 0 Å². The van der Waals surface area contributed by atoms with Crippen molar-refractivity contribution in [2.45, 2.75) is 69.7 Å². The summed E-state index contributed by atoms with van der Waals surface area (Å²) < 4.78 is 20.3. The smallest absolute Gasteiger partial charge is 0.255 e. The molecule has 11 nitrogen and oxygen atoms in total. The molecule has 1 aromatic carbocycles. The number of nitrogens with zero attached hydrogens (tertiary/aromatic N) is 2. The number of aryl methyl sites for hydroxylation is 1. The largest absolute Gasteiger partial charge is 0.496 e. The van der Waals surface area contributed by atoms with Crippen molar-refractivity contribution in [2.24, 2.45) is 11.8 Å². The molecule has 13 heteroatoms. The fourth-order valence-electron chi connectivity index (χ4n) is 6.69. The van der Waals surface area contributed by atoms with Crippen LogP contribution in [0.2, 0.25) is 0 Å². The van der Waals surface area contributed by atoms with E-state index in [1.165, 1.54) is 18.7 Å². The van der Waals surface area contributed by atoms with Crippen LogP contribution >= 0.6 is 12.2 Å². The van der Waals surface area contributed by atoms with E-state index in [1.54, 1.807) is 19.2 Å². The summed E-state index contributed by atoms with van der Waals surface area (Å²) in [5, 5.41) is 6.31. The molecule has 0 bridgehead atoms. The van der Waals surface area contributed by atoms with Crippen molar-refractivity contribution in [3.8, 4) is 5.75 Å². The molecule has 1 saturated carbocycles.